The Balaban J connectivity index is 2.05. The quantitative estimate of drug-likeness (QED) is 0.617. The lowest BCUT2D eigenvalue weighted by molar-refractivity contribution is -0.115. The molecule has 2 aliphatic rings. The van der Waals surface area contributed by atoms with Crippen LogP contribution >= 0.6 is 12.2 Å². The maximum Gasteiger partial charge on any atom is 0.273 e. The van der Waals surface area contributed by atoms with E-state index in [2.05, 4.69) is 56.5 Å². The highest BCUT2D eigenvalue weighted by Crippen LogP contribution is 2.46. The average molecular weight is 314 g/mol. The average Bonchev–Trinajstić information content (AvgIpc) is 2.73. The molecule has 0 bridgehead atoms. The van der Waals surface area contributed by atoms with Gasteiger partial charge in [0, 0.05) is 0 Å². The van der Waals surface area contributed by atoms with Crippen LogP contribution in [0.15, 0.2) is 23.9 Å². The van der Waals surface area contributed by atoms with Crippen LogP contribution in [0.3, 0.4) is 0 Å². The molecule has 0 saturated carbocycles. The first-order chi connectivity index (χ1) is 10.2. The zero-order chi connectivity index (χ0) is 16.1. The summed E-state index contributed by atoms with van der Waals surface area (Å²) in [7, 11) is 0. The minimum Gasteiger partial charge on any atom is -0.328 e. The SMILES string of the molecule is CC1(C)CCC(C)(C)c2cc(/C=C3\NC(=S)NC3=O)ccc21. The van der Waals surface area contributed by atoms with E-state index in [1.807, 2.05) is 6.08 Å². The van der Waals surface area contributed by atoms with Crippen LogP contribution in [-0.2, 0) is 15.6 Å². The predicted molar refractivity (Wildman–Crippen MR) is 93.6 cm³/mol. The van der Waals surface area contributed by atoms with Crippen molar-refractivity contribution in [3.8, 4) is 0 Å². The van der Waals surface area contributed by atoms with Crippen molar-refractivity contribution < 1.29 is 4.79 Å². The smallest absolute Gasteiger partial charge is 0.273 e. The van der Waals surface area contributed by atoms with E-state index in [4.69, 9.17) is 12.2 Å². The highest BCUT2D eigenvalue weighted by Gasteiger charge is 2.36. The fraction of sp³-hybridized carbons (Fsp3) is 0.444. The van der Waals surface area contributed by atoms with E-state index in [9.17, 15) is 4.79 Å². The van der Waals surface area contributed by atoms with Gasteiger partial charge in [-0.25, -0.2) is 0 Å². The molecule has 4 heteroatoms. The largest absolute Gasteiger partial charge is 0.328 e. The Morgan fingerprint density at radius 3 is 2.27 bits per heavy atom. The minimum absolute atomic E-state index is 0.165. The molecule has 3 rings (SSSR count). The van der Waals surface area contributed by atoms with Crippen molar-refractivity contribution in [2.45, 2.75) is 51.4 Å². The Hall–Kier alpha value is -1.68. The number of amides is 1. The lowest BCUT2D eigenvalue weighted by Crippen LogP contribution is -2.33. The van der Waals surface area contributed by atoms with Gasteiger partial charge in [-0.05, 0) is 58.7 Å². The maximum absolute atomic E-state index is 11.8. The predicted octanol–water partition coefficient (Wildman–Crippen LogP) is 3.38. The number of nitrogens with one attached hydrogen (secondary N) is 2. The van der Waals surface area contributed by atoms with E-state index in [0.29, 0.717) is 10.8 Å². The van der Waals surface area contributed by atoms with Crippen LogP contribution in [0.5, 0.6) is 0 Å². The molecule has 1 aliphatic heterocycles. The highest BCUT2D eigenvalue weighted by molar-refractivity contribution is 7.80. The fourth-order valence-electron chi connectivity index (χ4n) is 3.35. The Morgan fingerprint density at radius 1 is 1.05 bits per heavy atom. The summed E-state index contributed by atoms with van der Waals surface area (Å²) in [5.74, 6) is -0.165. The zero-order valence-electron chi connectivity index (χ0n) is 13.5. The third-order valence-corrected chi connectivity index (χ3v) is 5.11. The summed E-state index contributed by atoms with van der Waals surface area (Å²) in [6.45, 7) is 9.22. The number of thiocarbonyl (C=S) groups is 1. The first kappa shape index (κ1) is 15.2. The molecular formula is C18H22N2OS. The van der Waals surface area contributed by atoms with Gasteiger partial charge >= 0.3 is 0 Å². The molecular weight excluding hydrogens is 292 g/mol. The first-order valence-corrected chi connectivity index (χ1v) is 8.09. The topological polar surface area (TPSA) is 41.1 Å². The Kier molecular flexibility index (Phi) is 3.40. The van der Waals surface area contributed by atoms with E-state index in [0.717, 1.165) is 5.56 Å². The third-order valence-electron chi connectivity index (χ3n) is 4.91. The van der Waals surface area contributed by atoms with Crippen LogP contribution in [0.2, 0.25) is 0 Å². The minimum atomic E-state index is -0.165. The summed E-state index contributed by atoms with van der Waals surface area (Å²) in [5.41, 5.74) is 4.73. The number of benzene rings is 1. The van der Waals surface area contributed by atoms with Gasteiger partial charge in [-0.15, -0.1) is 0 Å². The van der Waals surface area contributed by atoms with Crippen LogP contribution in [0, 0.1) is 0 Å². The summed E-state index contributed by atoms with van der Waals surface area (Å²) in [6, 6.07) is 6.53. The van der Waals surface area contributed by atoms with E-state index < -0.39 is 0 Å². The lowest BCUT2D eigenvalue weighted by Gasteiger charge is -2.42. The Labute approximate surface area is 137 Å². The first-order valence-electron chi connectivity index (χ1n) is 7.68. The van der Waals surface area contributed by atoms with Crippen LogP contribution in [0.1, 0.15) is 57.2 Å². The molecule has 0 aromatic heterocycles. The molecule has 1 amide bonds. The standard InChI is InChI=1S/C18H22N2OS/c1-17(2)7-8-18(3,4)13-9-11(5-6-12(13)17)10-14-15(21)20-16(22)19-14/h5-6,9-10H,7-8H2,1-4H3,(H2,19,20,21,22)/b14-10-. The van der Waals surface area contributed by atoms with Crippen molar-refractivity contribution in [3.63, 3.8) is 0 Å². The second-order valence-electron chi connectivity index (χ2n) is 7.54. The number of carbonyl (C=O) groups excluding carboxylic acids is 1. The molecule has 1 aromatic carbocycles. The second kappa shape index (κ2) is 4.92. The van der Waals surface area contributed by atoms with Gasteiger partial charge in [0.2, 0.25) is 0 Å². The van der Waals surface area contributed by atoms with E-state index in [-0.39, 0.29) is 16.7 Å². The Morgan fingerprint density at radius 2 is 1.68 bits per heavy atom. The molecule has 1 aliphatic carbocycles. The van der Waals surface area contributed by atoms with Crippen molar-refractivity contribution in [3.05, 3.63) is 40.6 Å². The highest BCUT2D eigenvalue weighted by atomic mass is 32.1. The summed E-state index contributed by atoms with van der Waals surface area (Å²) < 4.78 is 0. The van der Waals surface area contributed by atoms with Gasteiger partial charge in [0.15, 0.2) is 5.11 Å². The Bertz CT molecular complexity index is 701. The van der Waals surface area contributed by atoms with E-state index >= 15 is 0 Å². The van der Waals surface area contributed by atoms with Gasteiger partial charge < -0.3 is 5.32 Å². The molecule has 1 heterocycles. The van der Waals surface area contributed by atoms with Crippen molar-refractivity contribution >= 4 is 29.3 Å². The molecule has 0 atom stereocenters. The van der Waals surface area contributed by atoms with Gasteiger partial charge in [-0.1, -0.05) is 45.9 Å². The molecule has 0 unspecified atom stereocenters. The second-order valence-corrected chi connectivity index (χ2v) is 7.95. The number of hydrogen-bond acceptors (Lipinski definition) is 2. The van der Waals surface area contributed by atoms with E-state index in [1.54, 1.807) is 0 Å². The number of carbonyl (C=O) groups is 1. The lowest BCUT2D eigenvalue weighted by atomic mass is 9.63. The molecule has 1 aromatic rings. The van der Waals surface area contributed by atoms with Gasteiger partial charge in [0.1, 0.15) is 5.70 Å². The number of rotatable bonds is 1. The van der Waals surface area contributed by atoms with Crippen LogP contribution in [0.25, 0.3) is 6.08 Å². The molecule has 0 radical (unpaired) electrons. The summed E-state index contributed by atoms with van der Waals surface area (Å²) in [4.78, 5) is 11.8. The van der Waals surface area contributed by atoms with Crippen LogP contribution in [0.4, 0.5) is 0 Å². The summed E-state index contributed by atoms with van der Waals surface area (Å²) in [5, 5.41) is 5.86. The molecule has 2 N–H and O–H groups in total. The molecule has 1 saturated heterocycles. The molecule has 3 nitrogen and oxygen atoms in total. The summed E-state index contributed by atoms with van der Waals surface area (Å²) >= 11 is 4.97. The fourth-order valence-corrected chi connectivity index (χ4v) is 3.55. The van der Waals surface area contributed by atoms with Crippen LogP contribution < -0.4 is 10.6 Å². The molecule has 116 valence electrons. The van der Waals surface area contributed by atoms with Crippen LogP contribution in [-0.4, -0.2) is 11.0 Å². The van der Waals surface area contributed by atoms with Gasteiger partial charge in [-0.2, -0.15) is 0 Å². The van der Waals surface area contributed by atoms with Gasteiger partial charge in [0.05, 0.1) is 0 Å². The number of fused-ring (bicyclic) bond motifs is 1. The van der Waals surface area contributed by atoms with Crippen molar-refractivity contribution in [2.24, 2.45) is 0 Å². The van der Waals surface area contributed by atoms with Crippen molar-refractivity contribution in [2.75, 3.05) is 0 Å². The summed E-state index contributed by atoms with van der Waals surface area (Å²) in [6.07, 6.45) is 4.24. The maximum atomic E-state index is 11.8. The van der Waals surface area contributed by atoms with E-state index in [1.165, 1.54) is 24.0 Å². The van der Waals surface area contributed by atoms with Gasteiger partial charge in [0.25, 0.3) is 5.91 Å². The number of hydrogen-bond donors (Lipinski definition) is 2. The third kappa shape index (κ3) is 2.56. The van der Waals surface area contributed by atoms with Crippen molar-refractivity contribution in [1.82, 2.24) is 10.6 Å². The molecule has 22 heavy (non-hydrogen) atoms. The van der Waals surface area contributed by atoms with Gasteiger partial charge in [-0.3, -0.25) is 10.1 Å². The monoisotopic (exact) mass is 314 g/mol. The normalized spacial score (nSPS) is 23.9. The molecule has 0 spiro atoms. The molecule has 1 fully saturated rings. The zero-order valence-corrected chi connectivity index (χ0v) is 14.4. The van der Waals surface area contributed by atoms with Crippen molar-refractivity contribution in [1.29, 1.82) is 0 Å².